The van der Waals surface area contributed by atoms with Crippen LogP contribution >= 0.6 is 0 Å². The number of ether oxygens (including phenoxy) is 1. The van der Waals surface area contributed by atoms with Crippen LogP contribution in [0.1, 0.15) is 17.3 Å². The number of esters is 1. The molecule has 0 spiro atoms. The van der Waals surface area contributed by atoms with Crippen LogP contribution in [0.4, 0.5) is 5.69 Å². The van der Waals surface area contributed by atoms with E-state index in [9.17, 15) is 14.4 Å². The van der Waals surface area contributed by atoms with Crippen molar-refractivity contribution in [1.82, 2.24) is 19.6 Å². The van der Waals surface area contributed by atoms with Crippen LogP contribution in [0.2, 0.25) is 0 Å². The van der Waals surface area contributed by atoms with E-state index in [4.69, 9.17) is 4.74 Å². The summed E-state index contributed by atoms with van der Waals surface area (Å²) in [5.41, 5.74) is 0.107. The van der Waals surface area contributed by atoms with Crippen molar-refractivity contribution in [2.45, 2.75) is 13.5 Å². The fourth-order valence-electron chi connectivity index (χ4n) is 2.38. The molecule has 0 bridgehead atoms. The van der Waals surface area contributed by atoms with Crippen molar-refractivity contribution in [1.29, 1.82) is 0 Å². The quantitative estimate of drug-likeness (QED) is 0.657. The third-order valence-electron chi connectivity index (χ3n) is 3.58. The molecule has 1 amide bonds. The van der Waals surface area contributed by atoms with E-state index in [2.05, 4.69) is 15.5 Å². The number of hydrogen-bond acceptors (Lipinski definition) is 6. The zero-order valence-electron chi connectivity index (χ0n) is 14.5. The third kappa shape index (κ3) is 4.27. The molecule has 0 fully saturated rings. The second-order valence-corrected chi connectivity index (χ2v) is 5.45. The van der Waals surface area contributed by atoms with E-state index in [1.165, 1.54) is 16.8 Å². The van der Waals surface area contributed by atoms with Crippen LogP contribution in [0.15, 0.2) is 59.7 Å². The first kappa shape index (κ1) is 18.1. The minimum absolute atomic E-state index is 0.223. The highest BCUT2D eigenvalue weighted by Gasteiger charge is 2.15. The number of rotatable bonds is 6. The highest BCUT2D eigenvalue weighted by atomic mass is 16.5. The summed E-state index contributed by atoms with van der Waals surface area (Å²) in [6.07, 6.45) is 3.25. The van der Waals surface area contributed by atoms with Crippen molar-refractivity contribution >= 4 is 17.6 Å². The maximum Gasteiger partial charge on any atom is 0.340 e. The van der Waals surface area contributed by atoms with Gasteiger partial charge in [0.1, 0.15) is 6.54 Å². The van der Waals surface area contributed by atoms with Gasteiger partial charge in [-0.15, -0.1) is 5.10 Å². The Bertz CT molecular complexity index is 1010. The summed E-state index contributed by atoms with van der Waals surface area (Å²) in [6, 6.07) is 11.0. The highest BCUT2D eigenvalue weighted by molar-refractivity contribution is 6.01. The lowest BCUT2D eigenvalue weighted by Gasteiger charge is -2.11. The molecule has 0 saturated carbocycles. The van der Waals surface area contributed by atoms with Gasteiger partial charge in [0, 0.05) is 18.5 Å². The summed E-state index contributed by atoms with van der Waals surface area (Å²) < 4.78 is 7.48. The van der Waals surface area contributed by atoms with Crippen LogP contribution in [0.25, 0.3) is 5.82 Å². The number of nitrogens with zero attached hydrogens (tertiary/aromatic N) is 4. The van der Waals surface area contributed by atoms with Gasteiger partial charge in [-0.05, 0) is 31.2 Å². The van der Waals surface area contributed by atoms with Gasteiger partial charge < -0.3 is 10.1 Å². The summed E-state index contributed by atoms with van der Waals surface area (Å²) in [5, 5.41) is 10.8. The van der Waals surface area contributed by atoms with Crippen molar-refractivity contribution in [3.8, 4) is 5.82 Å². The fraction of sp³-hybridized carbons (Fsp3) is 0.167. The molecule has 1 aromatic carbocycles. The molecule has 2 heterocycles. The highest BCUT2D eigenvalue weighted by Crippen LogP contribution is 2.16. The Labute approximate surface area is 154 Å². The van der Waals surface area contributed by atoms with E-state index in [0.29, 0.717) is 11.5 Å². The first-order chi connectivity index (χ1) is 13.1. The third-order valence-corrected chi connectivity index (χ3v) is 3.58. The molecule has 0 saturated heterocycles. The number of hydrogen-bond donors (Lipinski definition) is 1. The van der Waals surface area contributed by atoms with Crippen LogP contribution in [0, 0.1) is 0 Å². The molecular weight excluding hydrogens is 350 g/mol. The predicted molar refractivity (Wildman–Crippen MR) is 96.6 cm³/mol. The zero-order chi connectivity index (χ0) is 19.2. The Morgan fingerprint density at radius 2 is 1.96 bits per heavy atom. The molecule has 138 valence electrons. The van der Waals surface area contributed by atoms with E-state index in [1.807, 2.05) is 0 Å². The average molecular weight is 367 g/mol. The molecule has 3 aromatic rings. The van der Waals surface area contributed by atoms with Crippen LogP contribution in [-0.4, -0.2) is 38.0 Å². The molecule has 0 radical (unpaired) electrons. The summed E-state index contributed by atoms with van der Waals surface area (Å²) >= 11 is 0. The monoisotopic (exact) mass is 367 g/mol. The molecule has 9 nitrogen and oxygen atoms in total. The van der Waals surface area contributed by atoms with Crippen molar-refractivity contribution in [2.75, 3.05) is 11.9 Å². The number of aromatic nitrogens is 4. The van der Waals surface area contributed by atoms with E-state index in [1.54, 1.807) is 49.6 Å². The zero-order valence-corrected chi connectivity index (χ0v) is 14.5. The Kier molecular flexibility index (Phi) is 5.41. The van der Waals surface area contributed by atoms with Crippen LogP contribution in [0.3, 0.4) is 0 Å². The number of nitrogens with one attached hydrogen (secondary N) is 1. The Morgan fingerprint density at radius 3 is 2.70 bits per heavy atom. The fourth-order valence-corrected chi connectivity index (χ4v) is 2.38. The van der Waals surface area contributed by atoms with Gasteiger partial charge in [-0.1, -0.05) is 12.1 Å². The molecule has 0 aliphatic heterocycles. The minimum atomic E-state index is -0.538. The van der Waals surface area contributed by atoms with Crippen molar-refractivity contribution in [3.63, 3.8) is 0 Å². The maximum atomic E-state index is 12.4. The van der Waals surface area contributed by atoms with Gasteiger partial charge in [0.2, 0.25) is 5.91 Å². The summed E-state index contributed by atoms with van der Waals surface area (Å²) in [4.78, 5) is 36.4. The van der Waals surface area contributed by atoms with Gasteiger partial charge in [-0.3, -0.25) is 9.59 Å². The van der Waals surface area contributed by atoms with E-state index in [-0.39, 0.29) is 18.7 Å². The molecule has 2 aromatic heterocycles. The number of amides is 1. The van der Waals surface area contributed by atoms with Gasteiger partial charge in [-0.25, -0.2) is 14.2 Å². The Balaban J connectivity index is 1.78. The van der Waals surface area contributed by atoms with E-state index >= 15 is 0 Å². The SMILES string of the molecule is CCOC(=O)c1ccccc1NC(=O)Cn1nc(-n2cccn2)ccc1=O. The van der Waals surface area contributed by atoms with Gasteiger partial charge in [0.25, 0.3) is 5.56 Å². The largest absolute Gasteiger partial charge is 0.462 e. The molecule has 0 aliphatic rings. The van der Waals surface area contributed by atoms with Gasteiger partial charge in [0.15, 0.2) is 5.82 Å². The van der Waals surface area contributed by atoms with Gasteiger partial charge in [-0.2, -0.15) is 5.10 Å². The topological polar surface area (TPSA) is 108 Å². The molecule has 1 N–H and O–H groups in total. The standard InChI is InChI=1S/C18H17N5O4/c1-2-27-18(26)13-6-3-4-7-14(13)20-16(24)12-23-17(25)9-8-15(21-23)22-11-5-10-19-22/h3-11H,2,12H2,1H3,(H,20,24). The average Bonchev–Trinajstić information content (AvgIpc) is 3.19. The van der Waals surface area contributed by atoms with E-state index < -0.39 is 17.4 Å². The van der Waals surface area contributed by atoms with Crippen molar-refractivity contribution in [3.05, 3.63) is 70.8 Å². The smallest absolute Gasteiger partial charge is 0.340 e. The minimum Gasteiger partial charge on any atom is -0.462 e. The van der Waals surface area contributed by atoms with Gasteiger partial charge >= 0.3 is 5.97 Å². The molecule has 27 heavy (non-hydrogen) atoms. The summed E-state index contributed by atoms with van der Waals surface area (Å²) in [6.45, 7) is 1.61. The van der Waals surface area contributed by atoms with Crippen LogP contribution < -0.4 is 10.9 Å². The second kappa shape index (κ2) is 8.09. The van der Waals surface area contributed by atoms with Crippen LogP contribution in [-0.2, 0) is 16.1 Å². The lowest BCUT2D eigenvalue weighted by molar-refractivity contribution is -0.117. The molecule has 3 rings (SSSR count). The number of benzene rings is 1. The predicted octanol–water partition coefficient (Wildman–Crippen LogP) is 1.24. The molecule has 0 unspecified atom stereocenters. The number of para-hydroxylation sites is 1. The normalized spacial score (nSPS) is 10.4. The van der Waals surface area contributed by atoms with Crippen molar-refractivity contribution < 1.29 is 14.3 Å². The maximum absolute atomic E-state index is 12.4. The van der Waals surface area contributed by atoms with Gasteiger partial charge in [0.05, 0.1) is 17.9 Å². The van der Waals surface area contributed by atoms with E-state index in [0.717, 1.165) is 4.68 Å². The lowest BCUT2D eigenvalue weighted by Crippen LogP contribution is -2.30. The molecule has 0 atom stereocenters. The molecular formula is C18H17N5O4. The first-order valence-corrected chi connectivity index (χ1v) is 8.22. The summed E-state index contributed by atoms with van der Waals surface area (Å²) in [5.74, 6) is -0.636. The number of carbonyl (C=O) groups is 2. The Hall–Kier alpha value is -3.75. The van der Waals surface area contributed by atoms with Crippen molar-refractivity contribution in [2.24, 2.45) is 0 Å². The number of carbonyl (C=O) groups excluding carboxylic acids is 2. The lowest BCUT2D eigenvalue weighted by atomic mass is 10.2. The molecule has 0 aliphatic carbocycles. The summed E-state index contributed by atoms with van der Waals surface area (Å²) in [7, 11) is 0. The molecule has 9 heteroatoms. The van der Waals surface area contributed by atoms with Crippen LogP contribution in [0.5, 0.6) is 0 Å². The first-order valence-electron chi connectivity index (χ1n) is 8.22. The number of anilines is 1. The Morgan fingerprint density at radius 1 is 1.15 bits per heavy atom. The second-order valence-electron chi connectivity index (χ2n) is 5.45.